The second-order valence-electron chi connectivity index (χ2n) is 14.6. The largest absolute Gasteiger partial charge is 0.358 e. The molecule has 53 heavy (non-hydrogen) atoms. The molecule has 3 heteroatoms. The minimum absolute atomic E-state index is 0.225. The smallest absolute Gasteiger partial charge is 0.146 e. The van der Waals surface area contributed by atoms with Gasteiger partial charge >= 0.3 is 0 Å². The number of terminal acetylenes is 1. The van der Waals surface area contributed by atoms with Crippen molar-refractivity contribution in [3.05, 3.63) is 202 Å². The third kappa shape index (κ3) is 6.05. The summed E-state index contributed by atoms with van der Waals surface area (Å²) in [5, 5.41) is 14.0. The molecular formula is C50H39N3. The van der Waals surface area contributed by atoms with E-state index in [0.717, 1.165) is 51.6 Å². The summed E-state index contributed by atoms with van der Waals surface area (Å²) in [6, 6.07) is 48.5. The van der Waals surface area contributed by atoms with Crippen LogP contribution >= 0.6 is 0 Å². The Morgan fingerprint density at radius 2 is 1.45 bits per heavy atom. The maximum Gasteiger partial charge on any atom is 0.146 e. The molecule has 3 aliphatic carbocycles. The van der Waals surface area contributed by atoms with Crippen LogP contribution in [0, 0.1) is 35.0 Å². The van der Waals surface area contributed by atoms with E-state index in [-0.39, 0.29) is 11.3 Å². The maximum atomic E-state index is 10.4. The number of allylic oxidation sites excluding steroid dienone is 7. The van der Waals surface area contributed by atoms with Crippen LogP contribution in [0.5, 0.6) is 0 Å². The van der Waals surface area contributed by atoms with E-state index in [9.17, 15) is 5.26 Å². The molecule has 1 N–H and O–H groups in total. The lowest BCUT2D eigenvalue weighted by atomic mass is 9.75. The Balaban J connectivity index is 1.10. The monoisotopic (exact) mass is 681 g/mol. The number of benzene rings is 5. The summed E-state index contributed by atoms with van der Waals surface area (Å²) in [6.45, 7) is 0. The van der Waals surface area contributed by atoms with Crippen molar-refractivity contribution < 1.29 is 0 Å². The van der Waals surface area contributed by atoms with Crippen molar-refractivity contribution in [2.24, 2.45) is 16.3 Å². The average molecular weight is 682 g/mol. The Bertz CT molecular complexity index is 2450. The number of nitrogens with zero attached hydrogens (tertiary/aromatic N) is 2. The summed E-state index contributed by atoms with van der Waals surface area (Å²) >= 11 is 0. The van der Waals surface area contributed by atoms with Crippen molar-refractivity contribution in [3.8, 4) is 29.5 Å². The van der Waals surface area contributed by atoms with Crippen LogP contribution in [0.15, 0.2) is 174 Å². The molecule has 0 bridgehead atoms. The molecule has 0 radical (unpaired) electrons. The molecule has 1 saturated carbocycles. The molecule has 0 spiro atoms. The standard InChI is InChI=1S/C50H39N3/c1-2-45-47(35-17-8-4-9-18-35)52-49(53-48(45)36-19-10-5-11-20-36)46-31-39(24-25-40(46)33-51)37-21-14-22-38(27-37)42-28-41(34-15-6-3-7-16-34)29-44(30-42)50-26-13-12-23-43(50)32-50/h1,3-11,13-22,24-29,31,42-43,49,52H,12,23,30,32H2. The van der Waals surface area contributed by atoms with Gasteiger partial charge in [-0.15, -0.1) is 6.42 Å². The Labute approximate surface area is 312 Å². The molecule has 0 saturated heterocycles. The molecule has 9 rings (SSSR count). The fraction of sp³-hybridized carbons (Fsp3) is 0.160. The van der Waals surface area contributed by atoms with Crippen LogP contribution in [0.4, 0.5) is 0 Å². The summed E-state index contributed by atoms with van der Waals surface area (Å²) < 4.78 is 0. The molecule has 0 aromatic heterocycles. The fourth-order valence-electron chi connectivity index (χ4n) is 8.67. The number of aliphatic imine (C=N–C) groups is 1. The predicted octanol–water partition coefficient (Wildman–Crippen LogP) is 11.2. The summed E-state index contributed by atoms with van der Waals surface area (Å²) in [7, 11) is 0. The molecule has 1 aliphatic heterocycles. The van der Waals surface area contributed by atoms with Crippen LogP contribution in [0.3, 0.4) is 0 Å². The first-order valence-corrected chi connectivity index (χ1v) is 18.6. The van der Waals surface area contributed by atoms with Crippen molar-refractivity contribution in [1.82, 2.24) is 5.32 Å². The minimum atomic E-state index is -0.521. The zero-order valence-electron chi connectivity index (χ0n) is 29.5. The van der Waals surface area contributed by atoms with E-state index in [4.69, 9.17) is 11.4 Å². The molecule has 4 aliphatic rings. The van der Waals surface area contributed by atoms with Crippen LogP contribution in [0.25, 0.3) is 22.4 Å². The molecule has 4 unspecified atom stereocenters. The number of fused-ring (bicyclic) bond motifs is 1. The van der Waals surface area contributed by atoms with Gasteiger partial charge in [0.15, 0.2) is 0 Å². The highest BCUT2D eigenvalue weighted by Crippen LogP contribution is 2.65. The first-order valence-electron chi connectivity index (χ1n) is 18.6. The van der Waals surface area contributed by atoms with Crippen molar-refractivity contribution in [1.29, 1.82) is 5.26 Å². The van der Waals surface area contributed by atoms with Gasteiger partial charge in [-0.3, -0.25) is 4.99 Å². The third-order valence-corrected chi connectivity index (χ3v) is 11.5. The zero-order chi connectivity index (χ0) is 35.8. The van der Waals surface area contributed by atoms with Gasteiger partial charge < -0.3 is 5.32 Å². The third-order valence-electron chi connectivity index (χ3n) is 11.5. The lowest BCUT2D eigenvalue weighted by Gasteiger charge is -2.29. The van der Waals surface area contributed by atoms with E-state index in [1.807, 2.05) is 54.6 Å². The van der Waals surface area contributed by atoms with Gasteiger partial charge in [0.2, 0.25) is 0 Å². The van der Waals surface area contributed by atoms with Gasteiger partial charge in [-0.25, -0.2) is 0 Å². The van der Waals surface area contributed by atoms with Gasteiger partial charge in [0.1, 0.15) is 6.17 Å². The van der Waals surface area contributed by atoms with Gasteiger partial charge in [0.25, 0.3) is 0 Å². The molecule has 5 aromatic carbocycles. The molecule has 5 aromatic rings. The van der Waals surface area contributed by atoms with Crippen LogP contribution < -0.4 is 5.32 Å². The Morgan fingerprint density at radius 1 is 0.755 bits per heavy atom. The maximum absolute atomic E-state index is 10.4. The first kappa shape index (κ1) is 32.5. The van der Waals surface area contributed by atoms with Crippen molar-refractivity contribution >= 4 is 17.0 Å². The second-order valence-corrected chi connectivity index (χ2v) is 14.6. The normalized spacial score (nSPS) is 23.0. The molecular weight excluding hydrogens is 643 g/mol. The van der Waals surface area contributed by atoms with Crippen molar-refractivity contribution in [2.45, 2.75) is 37.8 Å². The Morgan fingerprint density at radius 3 is 2.17 bits per heavy atom. The van der Waals surface area contributed by atoms with Gasteiger partial charge in [0.05, 0.1) is 28.6 Å². The summed E-state index contributed by atoms with van der Waals surface area (Å²) in [5.74, 6) is 3.95. The predicted molar refractivity (Wildman–Crippen MR) is 216 cm³/mol. The highest BCUT2D eigenvalue weighted by Gasteiger charge is 2.55. The Kier molecular flexibility index (Phi) is 8.34. The number of rotatable bonds is 7. The Hall–Kier alpha value is -6.42. The highest BCUT2D eigenvalue weighted by molar-refractivity contribution is 6.20. The van der Waals surface area contributed by atoms with E-state index in [2.05, 4.69) is 120 Å². The topological polar surface area (TPSA) is 48.2 Å². The van der Waals surface area contributed by atoms with Crippen LogP contribution in [0.2, 0.25) is 0 Å². The molecule has 254 valence electrons. The van der Waals surface area contributed by atoms with Crippen molar-refractivity contribution in [3.63, 3.8) is 0 Å². The highest BCUT2D eigenvalue weighted by atomic mass is 15.1. The molecule has 0 amide bonds. The number of nitrogens with one attached hydrogen (secondary N) is 1. The molecule has 4 atom stereocenters. The zero-order valence-corrected chi connectivity index (χ0v) is 29.5. The minimum Gasteiger partial charge on any atom is -0.358 e. The molecule has 3 nitrogen and oxygen atoms in total. The van der Waals surface area contributed by atoms with E-state index >= 15 is 0 Å². The number of hydrogen-bond acceptors (Lipinski definition) is 3. The van der Waals surface area contributed by atoms with Crippen LogP contribution in [-0.2, 0) is 0 Å². The average Bonchev–Trinajstić information content (AvgIpc) is 4.00. The van der Waals surface area contributed by atoms with Gasteiger partial charge in [0, 0.05) is 22.5 Å². The first-order chi connectivity index (χ1) is 26.1. The number of hydrogen-bond donors (Lipinski definition) is 1. The SMILES string of the molecule is C#CC1=C(c2ccccc2)NC(c2cc(-c3cccc(C4C=C(c5ccccc5)C=C(C56C=CCCC5C6)C4)c3)ccc2C#N)N=C1c1ccccc1. The quantitative estimate of drug-likeness (QED) is 0.137. The summed E-state index contributed by atoms with van der Waals surface area (Å²) in [6.07, 6.45) is 20.3. The van der Waals surface area contributed by atoms with E-state index in [1.165, 1.54) is 36.0 Å². The molecule has 1 heterocycles. The van der Waals surface area contributed by atoms with Crippen molar-refractivity contribution in [2.75, 3.05) is 0 Å². The van der Waals surface area contributed by atoms with E-state index in [1.54, 1.807) is 5.57 Å². The van der Waals surface area contributed by atoms with Crippen LogP contribution in [0.1, 0.15) is 71.1 Å². The van der Waals surface area contributed by atoms with E-state index in [0.29, 0.717) is 11.1 Å². The van der Waals surface area contributed by atoms with E-state index < -0.39 is 6.17 Å². The van der Waals surface area contributed by atoms with Gasteiger partial charge in [-0.05, 0) is 77.1 Å². The fourth-order valence-corrected chi connectivity index (χ4v) is 8.67. The number of nitriles is 1. The summed E-state index contributed by atoms with van der Waals surface area (Å²) in [5.41, 5.74) is 13.4. The van der Waals surface area contributed by atoms with Gasteiger partial charge in [-0.2, -0.15) is 5.26 Å². The second kappa shape index (κ2) is 13.6. The lowest BCUT2D eigenvalue weighted by Crippen LogP contribution is -2.28. The van der Waals surface area contributed by atoms with Crippen LogP contribution in [-0.4, -0.2) is 5.71 Å². The molecule has 1 fully saturated rings. The summed E-state index contributed by atoms with van der Waals surface area (Å²) in [4.78, 5) is 5.22. The lowest BCUT2D eigenvalue weighted by molar-refractivity contribution is 0.558. The van der Waals surface area contributed by atoms with Gasteiger partial charge in [-0.1, -0.05) is 157 Å².